The molecule has 0 saturated heterocycles. The van der Waals surface area contributed by atoms with Crippen LogP contribution in [-0.2, 0) is 4.79 Å². The summed E-state index contributed by atoms with van der Waals surface area (Å²) in [6.07, 6.45) is 10.3. The summed E-state index contributed by atoms with van der Waals surface area (Å²) >= 11 is 0. The minimum atomic E-state index is 0.231. The molecule has 1 saturated carbocycles. The summed E-state index contributed by atoms with van der Waals surface area (Å²) in [7, 11) is 0. The Hall–Kier alpha value is -1.31. The lowest BCUT2D eigenvalue weighted by molar-refractivity contribution is -0.109. The van der Waals surface area contributed by atoms with E-state index in [0.29, 0.717) is 5.92 Å². The molecule has 0 aromatic heterocycles. The van der Waals surface area contributed by atoms with Gasteiger partial charge in [-0.25, -0.2) is 0 Å². The van der Waals surface area contributed by atoms with Crippen molar-refractivity contribution in [3.63, 3.8) is 0 Å². The number of hydrogen-bond acceptors (Lipinski definition) is 2. The van der Waals surface area contributed by atoms with Crippen LogP contribution < -0.4 is 5.32 Å². The van der Waals surface area contributed by atoms with Gasteiger partial charge in [0.25, 0.3) is 0 Å². The van der Waals surface area contributed by atoms with E-state index in [1.807, 2.05) is 6.20 Å². The zero-order valence-corrected chi connectivity index (χ0v) is 8.20. The van der Waals surface area contributed by atoms with Gasteiger partial charge in [0.1, 0.15) is 6.29 Å². The summed E-state index contributed by atoms with van der Waals surface area (Å²) in [6, 6.07) is 0. The Balaban J connectivity index is 2.08. The van der Waals surface area contributed by atoms with Crippen LogP contribution in [0.4, 0.5) is 0 Å². The zero-order valence-electron chi connectivity index (χ0n) is 8.20. The third-order valence-corrected chi connectivity index (χ3v) is 2.77. The largest absolute Gasteiger partial charge is 0.365 e. The molecule has 14 heavy (non-hydrogen) atoms. The van der Waals surface area contributed by atoms with Crippen molar-refractivity contribution < 1.29 is 4.79 Å². The van der Waals surface area contributed by atoms with Crippen LogP contribution in [0.3, 0.4) is 0 Å². The van der Waals surface area contributed by atoms with Gasteiger partial charge in [0.05, 0.1) is 0 Å². The van der Waals surface area contributed by atoms with Crippen LogP contribution >= 0.6 is 0 Å². The van der Waals surface area contributed by atoms with Gasteiger partial charge in [-0.05, 0) is 31.5 Å². The molecule has 1 N–H and O–H groups in total. The molecule has 0 spiro atoms. The average Bonchev–Trinajstić information content (AvgIpc) is 2.90. The number of hydrogen-bond donors (Lipinski definition) is 1. The SMILES string of the molecule is C=C1/C=C(/C2CC2C=O)N/C=C\CC1. The van der Waals surface area contributed by atoms with Gasteiger partial charge in [-0.2, -0.15) is 0 Å². The van der Waals surface area contributed by atoms with Gasteiger partial charge in [-0.15, -0.1) is 0 Å². The molecule has 0 aromatic rings. The Morgan fingerprint density at radius 3 is 3.14 bits per heavy atom. The average molecular weight is 189 g/mol. The maximum absolute atomic E-state index is 10.6. The Bertz CT molecular complexity index is 314. The second-order valence-electron chi connectivity index (χ2n) is 3.99. The van der Waals surface area contributed by atoms with Gasteiger partial charge in [0.2, 0.25) is 0 Å². The molecule has 2 unspecified atom stereocenters. The first-order valence-electron chi connectivity index (χ1n) is 5.07. The maximum Gasteiger partial charge on any atom is 0.123 e. The van der Waals surface area contributed by atoms with E-state index < -0.39 is 0 Å². The molecule has 74 valence electrons. The number of carbonyl (C=O) groups is 1. The standard InChI is InChI=1S/C12H15NO/c1-9-4-2-3-5-13-12(6-9)11-7-10(11)8-14/h3,5-6,8,10-11,13H,1-2,4,7H2/b5-3-,12-6-. The van der Waals surface area contributed by atoms with Gasteiger partial charge in [-0.3, -0.25) is 0 Å². The van der Waals surface area contributed by atoms with Gasteiger partial charge >= 0.3 is 0 Å². The first-order valence-corrected chi connectivity index (χ1v) is 5.07. The topological polar surface area (TPSA) is 29.1 Å². The van der Waals surface area contributed by atoms with Crippen LogP contribution in [0.5, 0.6) is 0 Å². The Morgan fingerprint density at radius 2 is 2.43 bits per heavy atom. The molecule has 1 aliphatic carbocycles. The van der Waals surface area contributed by atoms with Crippen molar-refractivity contribution in [2.24, 2.45) is 11.8 Å². The van der Waals surface area contributed by atoms with Crippen molar-refractivity contribution in [1.82, 2.24) is 5.32 Å². The van der Waals surface area contributed by atoms with Crippen molar-refractivity contribution in [2.45, 2.75) is 19.3 Å². The number of carbonyl (C=O) groups excluding carboxylic acids is 1. The highest BCUT2D eigenvalue weighted by Gasteiger charge is 2.39. The highest BCUT2D eigenvalue weighted by Crippen LogP contribution is 2.42. The molecule has 1 fully saturated rings. The van der Waals surface area contributed by atoms with E-state index >= 15 is 0 Å². The molecule has 1 heterocycles. The lowest BCUT2D eigenvalue weighted by Crippen LogP contribution is -2.09. The summed E-state index contributed by atoms with van der Waals surface area (Å²) < 4.78 is 0. The maximum atomic E-state index is 10.6. The highest BCUT2D eigenvalue weighted by molar-refractivity contribution is 5.60. The van der Waals surface area contributed by atoms with Crippen LogP contribution in [0, 0.1) is 11.8 Å². The first kappa shape index (κ1) is 9.25. The number of rotatable bonds is 2. The summed E-state index contributed by atoms with van der Waals surface area (Å²) in [5.41, 5.74) is 2.30. The fourth-order valence-corrected chi connectivity index (χ4v) is 1.78. The van der Waals surface area contributed by atoms with Crippen molar-refractivity contribution in [3.8, 4) is 0 Å². The summed E-state index contributed by atoms with van der Waals surface area (Å²) in [5, 5.41) is 3.24. The molecule has 0 amide bonds. The molecule has 0 bridgehead atoms. The predicted molar refractivity (Wildman–Crippen MR) is 56.4 cm³/mol. The van der Waals surface area contributed by atoms with Crippen LogP contribution in [-0.4, -0.2) is 6.29 Å². The normalized spacial score (nSPS) is 37.1. The molecule has 0 radical (unpaired) electrons. The summed E-state index contributed by atoms with van der Waals surface area (Å²) in [6.45, 7) is 3.99. The van der Waals surface area contributed by atoms with E-state index in [0.717, 1.165) is 36.8 Å². The fourth-order valence-electron chi connectivity index (χ4n) is 1.78. The number of aldehydes is 1. The monoisotopic (exact) mass is 189 g/mol. The van der Waals surface area contributed by atoms with Crippen LogP contribution in [0.15, 0.2) is 36.2 Å². The van der Waals surface area contributed by atoms with Gasteiger partial charge < -0.3 is 10.1 Å². The van der Waals surface area contributed by atoms with E-state index in [2.05, 4.69) is 24.0 Å². The summed E-state index contributed by atoms with van der Waals surface area (Å²) in [4.78, 5) is 10.6. The van der Waals surface area contributed by atoms with Crippen LogP contribution in [0.2, 0.25) is 0 Å². The minimum Gasteiger partial charge on any atom is -0.365 e. The van der Waals surface area contributed by atoms with Gasteiger partial charge in [0, 0.05) is 17.5 Å². The highest BCUT2D eigenvalue weighted by atomic mass is 16.1. The lowest BCUT2D eigenvalue weighted by atomic mass is 10.1. The second-order valence-corrected chi connectivity index (χ2v) is 3.99. The lowest BCUT2D eigenvalue weighted by Gasteiger charge is -2.10. The van der Waals surface area contributed by atoms with E-state index in [1.54, 1.807) is 0 Å². The second kappa shape index (κ2) is 3.82. The van der Waals surface area contributed by atoms with Gasteiger partial charge in [-0.1, -0.05) is 18.2 Å². The molecule has 1 aliphatic heterocycles. The zero-order chi connectivity index (χ0) is 9.97. The van der Waals surface area contributed by atoms with Gasteiger partial charge in [0.15, 0.2) is 0 Å². The van der Waals surface area contributed by atoms with E-state index in [9.17, 15) is 4.79 Å². The van der Waals surface area contributed by atoms with E-state index in [-0.39, 0.29) is 5.92 Å². The summed E-state index contributed by atoms with van der Waals surface area (Å²) in [5.74, 6) is 0.640. The van der Waals surface area contributed by atoms with Crippen molar-refractivity contribution in [2.75, 3.05) is 0 Å². The predicted octanol–water partition coefficient (Wildman–Crippen LogP) is 2.16. The minimum absolute atomic E-state index is 0.231. The van der Waals surface area contributed by atoms with Crippen molar-refractivity contribution in [3.05, 3.63) is 36.2 Å². The third-order valence-electron chi connectivity index (χ3n) is 2.77. The molecule has 2 atom stereocenters. The molecular formula is C12H15NO. The first-order chi connectivity index (χ1) is 6.81. The van der Waals surface area contributed by atoms with E-state index in [1.165, 1.54) is 0 Å². The Morgan fingerprint density at radius 1 is 1.57 bits per heavy atom. The third kappa shape index (κ3) is 1.95. The smallest absolute Gasteiger partial charge is 0.123 e. The van der Waals surface area contributed by atoms with Crippen LogP contribution in [0.1, 0.15) is 19.3 Å². The van der Waals surface area contributed by atoms with Crippen molar-refractivity contribution in [1.29, 1.82) is 0 Å². The van der Waals surface area contributed by atoms with Crippen molar-refractivity contribution >= 4 is 6.29 Å². The quantitative estimate of drug-likeness (QED) is 0.674. The van der Waals surface area contributed by atoms with E-state index in [4.69, 9.17) is 0 Å². The molecule has 2 rings (SSSR count). The Kier molecular flexibility index (Phi) is 2.53. The van der Waals surface area contributed by atoms with Crippen LogP contribution in [0.25, 0.3) is 0 Å². The number of allylic oxidation sites excluding steroid dienone is 4. The fraction of sp³-hybridized carbons (Fsp3) is 0.417. The number of nitrogens with one attached hydrogen (secondary N) is 1. The Labute approximate surface area is 84.4 Å². The molecule has 2 aliphatic rings. The molecule has 2 nitrogen and oxygen atoms in total. The molecule has 2 heteroatoms. The molecular weight excluding hydrogens is 174 g/mol. The molecule has 0 aromatic carbocycles.